The number of cyclic esters (lactones) is 1. The Labute approximate surface area is 110 Å². The fourth-order valence-electron chi connectivity index (χ4n) is 1.67. The molecule has 0 N–H and O–H groups in total. The number of carbonyl (C=O) groups excluding carboxylic acids is 2. The van der Waals surface area contributed by atoms with E-state index in [-0.39, 0.29) is 11.0 Å². The van der Waals surface area contributed by atoms with Gasteiger partial charge in [0.05, 0.1) is 0 Å². The van der Waals surface area contributed by atoms with Crippen molar-refractivity contribution in [1.29, 1.82) is 0 Å². The van der Waals surface area contributed by atoms with E-state index in [1.165, 1.54) is 0 Å². The summed E-state index contributed by atoms with van der Waals surface area (Å²) in [4.78, 5) is 22.5. The van der Waals surface area contributed by atoms with E-state index in [0.717, 1.165) is 12.7 Å². The van der Waals surface area contributed by atoms with Gasteiger partial charge in [-0.2, -0.15) is 0 Å². The molecule has 1 aliphatic rings. The van der Waals surface area contributed by atoms with Crippen molar-refractivity contribution in [2.24, 2.45) is 0 Å². The number of hydrogen-bond donors (Lipinski definition) is 0. The maximum atomic E-state index is 11.3. The Hall–Kier alpha value is -0.683. The van der Waals surface area contributed by atoms with Gasteiger partial charge in [0.1, 0.15) is 12.2 Å². The first-order valence-electron chi connectivity index (χ1n) is 6.50. The zero-order valence-electron chi connectivity index (χ0n) is 12.0. The summed E-state index contributed by atoms with van der Waals surface area (Å²) in [7, 11) is -2.02. The minimum absolute atomic E-state index is 0.0347. The molecule has 0 radical (unpaired) electrons. The molecule has 4 nitrogen and oxygen atoms in total. The molecule has 1 fully saturated rings. The van der Waals surface area contributed by atoms with Crippen LogP contribution in [0.5, 0.6) is 0 Å². The highest BCUT2D eigenvalue weighted by Crippen LogP contribution is 2.38. The van der Waals surface area contributed by atoms with Gasteiger partial charge in [-0.25, -0.2) is 0 Å². The molecule has 0 aromatic heterocycles. The summed E-state index contributed by atoms with van der Waals surface area (Å²) in [6.07, 6.45) is 1.69. The Bertz CT molecular complexity index is 319. The molecule has 1 rings (SSSR count). The second-order valence-electron chi connectivity index (χ2n) is 6.40. The van der Waals surface area contributed by atoms with Gasteiger partial charge in [-0.3, -0.25) is 4.79 Å². The standard InChI is InChI=1S/C13H24O4Si/c1-13(2,3)18(4,5)17-11(9-14)10-7-6-8-12(15)16-10/h9-11H,6-8H2,1-5H3/t10-,11+/m0/s1. The Balaban J connectivity index is 2.72. The lowest BCUT2D eigenvalue weighted by Gasteiger charge is -2.40. The molecule has 0 aliphatic carbocycles. The smallest absolute Gasteiger partial charge is 0.306 e. The average Bonchev–Trinajstić information content (AvgIpc) is 2.24. The first-order chi connectivity index (χ1) is 8.17. The van der Waals surface area contributed by atoms with Crippen molar-refractivity contribution in [3.63, 3.8) is 0 Å². The third kappa shape index (κ3) is 3.65. The summed E-state index contributed by atoms with van der Waals surface area (Å²) < 4.78 is 11.3. The van der Waals surface area contributed by atoms with Crippen LogP contribution >= 0.6 is 0 Å². The van der Waals surface area contributed by atoms with Crippen LogP contribution in [0, 0.1) is 0 Å². The first-order valence-corrected chi connectivity index (χ1v) is 9.41. The molecule has 1 saturated heterocycles. The number of rotatable bonds is 4. The van der Waals surface area contributed by atoms with Crippen molar-refractivity contribution in [3.8, 4) is 0 Å². The summed E-state index contributed by atoms with van der Waals surface area (Å²) in [5.74, 6) is -0.225. The van der Waals surface area contributed by atoms with Gasteiger partial charge in [0.15, 0.2) is 14.6 Å². The van der Waals surface area contributed by atoms with Gasteiger partial charge >= 0.3 is 5.97 Å². The van der Waals surface area contributed by atoms with E-state index >= 15 is 0 Å². The highest BCUT2D eigenvalue weighted by molar-refractivity contribution is 6.74. The van der Waals surface area contributed by atoms with Gasteiger partial charge < -0.3 is 14.0 Å². The minimum atomic E-state index is -2.02. The normalized spacial score (nSPS) is 23.4. The summed E-state index contributed by atoms with van der Waals surface area (Å²) in [5, 5.41) is 0.0347. The Morgan fingerprint density at radius 1 is 1.44 bits per heavy atom. The summed E-state index contributed by atoms with van der Waals surface area (Å²) >= 11 is 0. The second kappa shape index (κ2) is 5.53. The van der Waals surface area contributed by atoms with Crippen LogP contribution in [0.1, 0.15) is 40.0 Å². The average molecular weight is 272 g/mol. The lowest BCUT2D eigenvalue weighted by molar-refractivity contribution is -0.160. The highest BCUT2D eigenvalue weighted by atomic mass is 28.4. The van der Waals surface area contributed by atoms with Crippen LogP contribution in [0.3, 0.4) is 0 Å². The molecule has 18 heavy (non-hydrogen) atoms. The monoisotopic (exact) mass is 272 g/mol. The largest absolute Gasteiger partial charge is 0.459 e. The predicted molar refractivity (Wildman–Crippen MR) is 71.9 cm³/mol. The van der Waals surface area contributed by atoms with E-state index in [1.54, 1.807) is 0 Å². The van der Waals surface area contributed by atoms with Gasteiger partial charge in [0, 0.05) is 6.42 Å². The molecule has 0 aromatic carbocycles. The molecule has 1 heterocycles. The van der Waals surface area contributed by atoms with Crippen molar-refractivity contribution in [3.05, 3.63) is 0 Å². The Kier molecular flexibility index (Phi) is 4.72. The second-order valence-corrected chi connectivity index (χ2v) is 11.2. The fourth-order valence-corrected chi connectivity index (χ4v) is 2.92. The summed E-state index contributed by atoms with van der Waals surface area (Å²) in [6.45, 7) is 10.5. The molecule has 0 unspecified atom stereocenters. The Morgan fingerprint density at radius 2 is 2.06 bits per heavy atom. The fraction of sp³-hybridized carbons (Fsp3) is 0.846. The quantitative estimate of drug-likeness (QED) is 0.448. The zero-order valence-corrected chi connectivity index (χ0v) is 13.0. The molecule has 0 spiro atoms. The maximum Gasteiger partial charge on any atom is 0.306 e. The Morgan fingerprint density at radius 3 is 2.50 bits per heavy atom. The third-order valence-corrected chi connectivity index (χ3v) is 8.36. The number of carbonyl (C=O) groups is 2. The number of aldehydes is 1. The van der Waals surface area contributed by atoms with Crippen LogP contribution in [-0.2, 0) is 18.8 Å². The molecule has 2 atom stereocenters. The van der Waals surface area contributed by atoms with Crippen LogP contribution in [0.4, 0.5) is 0 Å². The van der Waals surface area contributed by atoms with Crippen molar-refractivity contribution in [2.45, 2.75) is 70.4 Å². The van der Waals surface area contributed by atoms with E-state index in [4.69, 9.17) is 9.16 Å². The van der Waals surface area contributed by atoms with Crippen molar-refractivity contribution in [1.82, 2.24) is 0 Å². The predicted octanol–water partition coefficient (Wildman–Crippen LogP) is 2.67. The molecular weight excluding hydrogens is 248 g/mol. The molecule has 0 aromatic rings. The van der Waals surface area contributed by atoms with Gasteiger partial charge in [0.25, 0.3) is 0 Å². The molecule has 104 valence electrons. The van der Waals surface area contributed by atoms with E-state index < -0.39 is 20.5 Å². The van der Waals surface area contributed by atoms with Gasteiger partial charge in [-0.15, -0.1) is 0 Å². The van der Waals surface area contributed by atoms with Crippen LogP contribution in [0.25, 0.3) is 0 Å². The van der Waals surface area contributed by atoms with E-state index in [0.29, 0.717) is 12.8 Å². The highest BCUT2D eigenvalue weighted by Gasteiger charge is 2.42. The molecule has 0 amide bonds. The molecule has 1 aliphatic heterocycles. The topological polar surface area (TPSA) is 52.6 Å². The first kappa shape index (κ1) is 15.4. The van der Waals surface area contributed by atoms with Crippen LogP contribution in [0.15, 0.2) is 0 Å². The van der Waals surface area contributed by atoms with Gasteiger partial charge in [-0.05, 0) is 31.0 Å². The minimum Gasteiger partial charge on any atom is -0.459 e. The lowest BCUT2D eigenvalue weighted by Crippen LogP contribution is -2.49. The lowest BCUT2D eigenvalue weighted by atomic mass is 10.1. The van der Waals surface area contributed by atoms with Gasteiger partial charge in [0.2, 0.25) is 0 Å². The number of esters is 1. The van der Waals surface area contributed by atoms with E-state index in [2.05, 4.69) is 33.9 Å². The van der Waals surface area contributed by atoms with E-state index in [9.17, 15) is 9.59 Å². The molecule has 0 saturated carbocycles. The SMILES string of the molecule is CC(C)(C)[Si](C)(C)O[C@H](C=O)[C@@H]1CCCC(=O)O1. The van der Waals surface area contributed by atoms with Crippen molar-refractivity contribution < 1.29 is 18.8 Å². The summed E-state index contributed by atoms with van der Waals surface area (Å²) in [5.41, 5.74) is 0. The van der Waals surface area contributed by atoms with Crippen LogP contribution in [-0.4, -0.2) is 32.8 Å². The van der Waals surface area contributed by atoms with Crippen molar-refractivity contribution >= 4 is 20.6 Å². The molecule has 5 heteroatoms. The number of hydrogen-bond acceptors (Lipinski definition) is 4. The van der Waals surface area contributed by atoms with Crippen LogP contribution < -0.4 is 0 Å². The van der Waals surface area contributed by atoms with E-state index in [1.807, 2.05) is 0 Å². The van der Waals surface area contributed by atoms with Crippen LogP contribution in [0.2, 0.25) is 18.1 Å². The molecular formula is C13H24O4Si. The zero-order chi connectivity index (χ0) is 14.0. The third-order valence-electron chi connectivity index (χ3n) is 3.89. The van der Waals surface area contributed by atoms with Crippen molar-refractivity contribution in [2.75, 3.05) is 0 Å². The summed E-state index contributed by atoms with van der Waals surface area (Å²) in [6, 6.07) is 0. The molecule has 0 bridgehead atoms. The number of ether oxygens (including phenoxy) is 1. The van der Waals surface area contributed by atoms with Gasteiger partial charge in [-0.1, -0.05) is 20.8 Å². The maximum absolute atomic E-state index is 11.3.